The number of anilines is 2. The number of benzene rings is 2. The maximum atomic E-state index is 12.3. The first-order valence-electron chi connectivity index (χ1n) is 8.86. The van der Waals surface area contributed by atoms with Crippen molar-refractivity contribution in [3.8, 4) is 0 Å². The molecule has 0 unspecified atom stereocenters. The second-order valence-electron chi connectivity index (χ2n) is 6.58. The van der Waals surface area contributed by atoms with Gasteiger partial charge in [-0.1, -0.05) is 30.3 Å². The molecule has 7 heteroatoms. The van der Waals surface area contributed by atoms with Gasteiger partial charge in [0.05, 0.1) is 11.4 Å². The maximum absolute atomic E-state index is 12.3. The van der Waals surface area contributed by atoms with Crippen molar-refractivity contribution in [3.63, 3.8) is 0 Å². The van der Waals surface area contributed by atoms with Gasteiger partial charge in [-0.3, -0.25) is 13.9 Å². The fourth-order valence-corrected chi connectivity index (χ4v) is 4.70. The third kappa shape index (κ3) is 4.54. The highest BCUT2D eigenvalue weighted by molar-refractivity contribution is 7.93. The highest BCUT2D eigenvalue weighted by Gasteiger charge is 2.28. The minimum absolute atomic E-state index is 0.0689. The lowest BCUT2D eigenvalue weighted by molar-refractivity contribution is -0.116. The molecule has 6 nitrogen and oxygen atoms in total. The molecule has 2 aromatic carbocycles. The summed E-state index contributed by atoms with van der Waals surface area (Å²) < 4.78 is 25.4. The molecule has 0 bridgehead atoms. The Kier molecular flexibility index (Phi) is 5.60. The van der Waals surface area contributed by atoms with Gasteiger partial charge in [-0.15, -0.1) is 0 Å². The number of nitrogens with zero attached hydrogens (tertiary/aromatic N) is 1. The summed E-state index contributed by atoms with van der Waals surface area (Å²) in [5.41, 5.74) is 2.58. The molecule has 1 N–H and O–H groups in total. The molecule has 0 radical (unpaired) electrons. The van der Waals surface area contributed by atoms with Crippen molar-refractivity contribution < 1.29 is 18.0 Å². The third-order valence-corrected chi connectivity index (χ3v) is 6.41. The predicted molar refractivity (Wildman–Crippen MR) is 106 cm³/mol. The topological polar surface area (TPSA) is 83.6 Å². The number of carbonyl (C=O) groups excluding carboxylic acids is 2. The molecule has 1 saturated heterocycles. The lowest BCUT2D eigenvalue weighted by Gasteiger charge is -2.17. The zero-order valence-electron chi connectivity index (χ0n) is 15.1. The Morgan fingerprint density at radius 2 is 1.85 bits per heavy atom. The average molecular weight is 386 g/mol. The molecule has 1 aliphatic rings. The second kappa shape index (κ2) is 7.92. The van der Waals surface area contributed by atoms with Crippen molar-refractivity contribution in [2.75, 3.05) is 21.9 Å². The summed E-state index contributed by atoms with van der Waals surface area (Å²) in [5.74, 6) is -0.205. The molecule has 0 saturated carbocycles. The van der Waals surface area contributed by atoms with E-state index < -0.39 is 10.0 Å². The summed E-state index contributed by atoms with van der Waals surface area (Å²) in [6.07, 6.45) is 0.788. The van der Waals surface area contributed by atoms with Gasteiger partial charge in [-0.2, -0.15) is 0 Å². The van der Waals surface area contributed by atoms with Gasteiger partial charge in [0, 0.05) is 30.6 Å². The molecule has 142 valence electrons. The number of hydrogen-bond acceptors (Lipinski definition) is 4. The van der Waals surface area contributed by atoms with E-state index in [2.05, 4.69) is 5.32 Å². The van der Waals surface area contributed by atoms with E-state index in [9.17, 15) is 18.0 Å². The zero-order chi connectivity index (χ0) is 19.4. The SMILES string of the molecule is Cc1ccccc1C(=O)CCC(=O)Nc1cccc(N2CCCS2(=O)=O)c1. The number of aryl methyl sites for hydroxylation is 1. The summed E-state index contributed by atoms with van der Waals surface area (Å²) in [7, 11) is -3.27. The van der Waals surface area contributed by atoms with Crippen LogP contribution in [-0.4, -0.2) is 32.4 Å². The van der Waals surface area contributed by atoms with Gasteiger partial charge in [-0.25, -0.2) is 8.42 Å². The van der Waals surface area contributed by atoms with Crippen molar-refractivity contribution in [2.24, 2.45) is 0 Å². The number of amides is 1. The van der Waals surface area contributed by atoms with Crippen molar-refractivity contribution >= 4 is 33.1 Å². The highest BCUT2D eigenvalue weighted by atomic mass is 32.2. The Bertz CT molecular complexity index is 969. The number of sulfonamides is 1. The number of ketones is 1. The van der Waals surface area contributed by atoms with Crippen LogP contribution in [0.2, 0.25) is 0 Å². The van der Waals surface area contributed by atoms with Gasteiger partial charge in [0.25, 0.3) is 0 Å². The van der Waals surface area contributed by atoms with Crippen LogP contribution in [0.1, 0.15) is 35.2 Å². The minimum Gasteiger partial charge on any atom is -0.326 e. The summed E-state index contributed by atoms with van der Waals surface area (Å²) in [6.45, 7) is 2.32. The molecular weight excluding hydrogens is 364 g/mol. The van der Waals surface area contributed by atoms with Gasteiger partial charge < -0.3 is 5.32 Å². The lowest BCUT2D eigenvalue weighted by Crippen LogP contribution is -2.25. The zero-order valence-corrected chi connectivity index (χ0v) is 16.0. The summed E-state index contributed by atoms with van der Waals surface area (Å²) in [6, 6.07) is 14.1. The van der Waals surface area contributed by atoms with Crippen molar-refractivity contribution in [3.05, 3.63) is 59.7 Å². The fourth-order valence-electron chi connectivity index (χ4n) is 3.14. The van der Waals surface area contributed by atoms with Crippen LogP contribution < -0.4 is 9.62 Å². The van der Waals surface area contributed by atoms with Crippen molar-refractivity contribution in [2.45, 2.75) is 26.2 Å². The monoisotopic (exact) mass is 386 g/mol. The summed E-state index contributed by atoms with van der Waals surface area (Å²) in [4.78, 5) is 24.5. The second-order valence-corrected chi connectivity index (χ2v) is 8.59. The van der Waals surface area contributed by atoms with Gasteiger partial charge in [0.15, 0.2) is 5.78 Å². The van der Waals surface area contributed by atoms with Gasteiger partial charge >= 0.3 is 0 Å². The lowest BCUT2D eigenvalue weighted by atomic mass is 10.0. The number of carbonyl (C=O) groups is 2. The van der Waals surface area contributed by atoms with Crippen LogP contribution in [0.4, 0.5) is 11.4 Å². The maximum Gasteiger partial charge on any atom is 0.235 e. The predicted octanol–water partition coefficient (Wildman–Crippen LogP) is 3.14. The summed E-state index contributed by atoms with van der Waals surface area (Å²) >= 11 is 0. The Labute approximate surface area is 159 Å². The van der Waals surface area contributed by atoms with Crippen molar-refractivity contribution in [1.29, 1.82) is 0 Å². The molecule has 27 heavy (non-hydrogen) atoms. The molecular formula is C20H22N2O4S. The normalized spacial score (nSPS) is 15.5. The van der Waals surface area contributed by atoms with E-state index in [-0.39, 0.29) is 30.3 Å². The van der Waals surface area contributed by atoms with Gasteiger partial charge in [0.1, 0.15) is 0 Å². The Morgan fingerprint density at radius 3 is 2.56 bits per heavy atom. The third-order valence-electron chi connectivity index (χ3n) is 4.54. The van der Waals surface area contributed by atoms with Crippen LogP contribution >= 0.6 is 0 Å². The molecule has 2 aromatic rings. The first-order valence-corrected chi connectivity index (χ1v) is 10.5. The van der Waals surface area contributed by atoms with Crippen molar-refractivity contribution in [1.82, 2.24) is 0 Å². The Morgan fingerprint density at radius 1 is 1.07 bits per heavy atom. The molecule has 0 aliphatic carbocycles. The fraction of sp³-hybridized carbons (Fsp3) is 0.300. The molecule has 1 amide bonds. The van der Waals surface area contributed by atoms with E-state index in [0.29, 0.717) is 29.9 Å². The van der Waals surface area contributed by atoms with E-state index in [1.54, 1.807) is 36.4 Å². The van der Waals surface area contributed by atoms with Crippen LogP contribution in [0.25, 0.3) is 0 Å². The largest absolute Gasteiger partial charge is 0.326 e. The highest BCUT2D eigenvalue weighted by Crippen LogP contribution is 2.26. The van der Waals surface area contributed by atoms with E-state index in [1.807, 2.05) is 19.1 Å². The summed E-state index contributed by atoms with van der Waals surface area (Å²) in [5, 5.41) is 2.74. The smallest absolute Gasteiger partial charge is 0.235 e. The average Bonchev–Trinajstić information content (AvgIpc) is 2.99. The molecule has 1 fully saturated rings. The van der Waals surface area contributed by atoms with E-state index in [0.717, 1.165) is 5.56 Å². The van der Waals surface area contributed by atoms with Crippen LogP contribution in [0.5, 0.6) is 0 Å². The Balaban J connectivity index is 1.61. The van der Waals surface area contributed by atoms with Crippen LogP contribution in [-0.2, 0) is 14.8 Å². The molecule has 1 aliphatic heterocycles. The van der Waals surface area contributed by atoms with Crippen LogP contribution in [0, 0.1) is 6.92 Å². The molecule has 0 atom stereocenters. The Hall–Kier alpha value is -2.67. The molecule has 1 heterocycles. The first-order chi connectivity index (χ1) is 12.9. The number of nitrogens with one attached hydrogen (secondary N) is 1. The van der Waals surface area contributed by atoms with E-state index in [4.69, 9.17) is 0 Å². The first kappa shape index (κ1) is 19.1. The number of Topliss-reactive ketones (excluding diaryl/α,β-unsaturated/α-hetero) is 1. The molecule has 0 aromatic heterocycles. The minimum atomic E-state index is -3.27. The standard InChI is InChI=1S/C20H22N2O4S/c1-15-6-2-3-9-18(15)19(23)10-11-20(24)21-16-7-4-8-17(14-16)22-12-5-13-27(22,25)26/h2-4,6-9,14H,5,10-13H2,1H3,(H,21,24). The van der Waals surface area contributed by atoms with Gasteiger partial charge in [-0.05, 0) is 37.1 Å². The molecule has 0 spiro atoms. The quantitative estimate of drug-likeness (QED) is 0.773. The van der Waals surface area contributed by atoms with Gasteiger partial charge in [0.2, 0.25) is 15.9 Å². The molecule has 3 rings (SSSR count). The number of hydrogen-bond donors (Lipinski definition) is 1. The number of rotatable bonds is 6. The van der Waals surface area contributed by atoms with Crippen LogP contribution in [0.3, 0.4) is 0 Å². The van der Waals surface area contributed by atoms with Crippen LogP contribution in [0.15, 0.2) is 48.5 Å². The van der Waals surface area contributed by atoms with E-state index in [1.165, 1.54) is 4.31 Å². The van der Waals surface area contributed by atoms with E-state index >= 15 is 0 Å².